The van der Waals surface area contributed by atoms with Crippen molar-refractivity contribution in [2.24, 2.45) is 0 Å². The Balaban J connectivity index is 1.72. The van der Waals surface area contributed by atoms with Crippen LogP contribution in [0, 0.1) is 11.3 Å². The minimum Gasteiger partial charge on any atom is -0.342 e. The molecule has 1 fully saturated rings. The molecule has 29 heavy (non-hydrogen) atoms. The Kier molecular flexibility index (Phi) is 5.63. The Bertz CT molecular complexity index is 1140. The van der Waals surface area contributed by atoms with Crippen molar-refractivity contribution in [3.05, 3.63) is 64.4 Å². The quantitative estimate of drug-likeness (QED) is 0.492. The number of carbonyl (C=O) groups excluding carboxylic acids is 1. The van der Waals surface area contributed by atoms with Gasteiger partial charge in [-0.05, 0) is 55.7 Å². The van der Waals surface area contributed by atoms with Crippen LogP contribution in [0.15, 0.2) is 58.5 Å². The number of fused-ring (bicyclic) bond motifs is 1. The summed E-state index contributed by atoms with van der Waals surface area (Å²) in [6.45, 7) is 1.60. The number of benzene rings is 2. The lowest BCUT2D eigenvalue weighted by Crippen LogP contribution is -2.36. The van der Waals surface area contributed by atoms with Gasteiger partial charge in [0.05, 0.1) is 34.0 Å². The van der Waals surface area contributed by atoms with Crippen molar-refractivity contribution in [3.8, 4) is 11.8 Å². The Hall–Kier alpha value is -3.11. The Morgan fingerprint density at radius 2 is 1.79 bits per heavy atom. The van der Waals surface area contributed by atoms with Gasteiger partial charge < -0.3 is 4.90 Å². The van der Waals surface area contributed by atoms with E-state index in [1.54, 1.807) is 42.5 Å². The zero-order chi connectivity index (χ0) is 20.2. The van der Waals surface area contributed by atoms with Crippen LogP contribution in [0.2, 0.25) is 0 Å². The number of nitrogens with zero attached hydrogens (tertiary/aromatic N) is 4. The molecule has 2 heterocycles. The minimum atomic E-state index is -0.187. The van der Waals surface area contributed by atoms with Crippen LogP contribution in [0.3, 0.4) is 0 Å². The SMILES string of the molecule is N#Cc1ccc(-n2c(SCC(=O)N3CCCCC3)nc3ccccc3c2=O)cc1. The molecule has 0 radical (unpaired) electrons. The number of piperidine rings is 1. The van der Waals surface area contributed by atoms with Gasteiger partial charge in [-0.2, -0.15) is 5.26 Å². The summed E-state index contributed by atoms with van der Waals surface area (Å²) < 4.78 is 1.53. The van der Waals surface area contributed by atoms with E-state index in [0.717, 1.165) is 25.9 Å². The summed E-state index contributed by atoms with van der Waals surface area (Å²) in [5, 5.41) is 10.0. The van der Waals surface area contributed by atoms with E-state index < -0.39 is 0 Å². The van der Waals surface area contributed by atoms with Gasteiger partial charge in [-0.15, -0.1) is 0 Å². The molecular formula is C22H20N4O2S. The van der Waals surface area contributed by atoms with Crippen LogP contribution in [0.5, 0.6) is 0 Å². The Morgan fingerprint density at radius 3 is 2.52 bits per heavy atom. The summed E-state index contributed by atoms with van der Waals surface area (Å²) in [5.41, 5.74) is 1.56. The first-order valence-corrected chi connectivity index (χ1v) is 10.6. The zero-order valence-electron chi connectivity index (χ0n) is 15.9. The summed E-state index contributed by atoms with van der Waals surface area (Å²) in [6, 6.07) is 16.1. The third kappa shape index (κ3) is 4.03. The number of carbonyl (C=O) groups is 1. The number of thioether (sulfide) groups is 1. The predicted octanol–water partition coefficient (Wildman–Crippen LogP) is 3.36. The molecule has 6 nitrogen and oxygen atoms in total. The normalized spacial score (nSPS) is 14.0. The van der Waals surface area contributed by atoms with Gasteiger partial charge in [-0.25, -0.2) is 4.98 Å². The number of hydrogen-bond acceptors (Lipinski definition) is 5. The highest BCUT2D eigenvalue weighted by Gasteiger charge is 2.19. The molecule has 1 aliphatic rings. The van der Waals surface area contributed by atoms with E-state index in [0.29, 0.717) is 27.3 Å². The van der Waals surface area contributed by atoms with E-state index in [9.17, 15) is 9.59 Å². The lowest BCUT2D eigenvalue weighted by atomic mass is 10.1. The van der Waals surface area contributed by atoms with Crippen molar-refractivity contribution >= 4 is 28.6 Å². The van der Waals surface area contributed by atoms with Crippen molar-refractivity contribution in [2.75, 3.05) is 18.8 Å². The number of nitriles is 1. The zero-order valence-corrected chi connectivity index (χ0v) is 16.7. The molecule has 4 rings (SSSR count). The summed E-state index contributed by atoms with van der Waals surface area (Å²) in [7, 11) is 0. The second-order valence-corrected chi connectivity index (χ2v) is 7.88. The van der Waals surface area contributed by atoms with Gasteiger partial charge in [0.2, 0.25) is 5.91 Å². The first-order valence-electron chi connectivity index (χ1n) is 9.60. The molecule has 3 aromatic rings. The molecule has 0 atom stereocenters. The minimum absolute atomic E-state index is 0.0727. The highest BCUT2D eigenvalue weighted by Crippen LogP contribution is 2.22. The smallest absolute Gasteiger partial charge is 0.266 e. The monoisotopic (exact) mass is 404 g/mol. The standard InChI is InChI=1S/C22H20N4O2S/c23-14-16-8-10-17(11-9-16)26-21(28)18-6-2-3-7-19(18)24-22(26)29-15-20(27)25-12-4-1-5-13-25/h2-3,6-11H,1,4-5,12-13,15H2. The molecule has 0 saturated carbocycles. The van der Waals surface area contributed by atoms with Gasteiger partial charge in [-0.3, -0.25) is 14.2 Å². The summed E-state index contributed by atoms with van der Waals surface area (Å²) in [6.07, 6.45) is 3.25. The fraction of sp³-hybridized carbons (Fsp3) is 0.273. The molecule has 146 valence electrons. The third-order valence-corrected chi connectivity index (χ3v) is 5.96. The summed E-state index contributed by atoms with van der Waals surface area (Å²) in [5.74, 6) is 0.310. The first kappa shape index (κ1) is 19.2. The van der Waals surface area contributed by atoms with Gasteiger partial charge >= 0.3 is 0 Å². The number of amides is 1. The number of hydrogen-bond donors (Lipinski definition) is 0. The van der Waals surface area contributed by atoms with Crippen LogP contribution in [0.4, 0.5) is 0 Å². The van der Waals surface area contributed by atoms with Crippen molar-refractivity contribution in [3.63, 3.8) is 0 Å². The fourth-order valence-electron chi connectivity index (χ4n) is 3.48. The van der Waals surface area contributed by atoms with E-state index in [4.69, 9.17) is 5.26 Å². The Labute approximate surface area is 172 Å². The first-order chi connectivity index (χ1) is 14.2. The van der Waals surface area contributed by atoms with Crippen LogP contribution in [0.1, 0.15) is 24.8 Å². The largest absolute Gasteiger partial charge is 0.342 e. The molecule has 0 aliphatic carbocycles. The van der Waals surface area contributed by atoms with Crippen molar-refractivity contribution in [1.29, 1.82) is 5.26 Å². The topological polar surface area (TPSA) is 79.0 Å². The van der Waals surface area contributed by atoms with Crippen LogP contribution >= 0.6 is 11.8 Å². The van der Waals surface area contributed by atoms with Crippen molar-refractivity contribution in [2.45, 2.75) is 24.4 Å². The lowest BCUT2D eigenvalue weighted by Gasteiger charge is -2.26. The summed E-state index contributed by atoms with van der Waals surface area (Å²) in [4.78, 5) is 32.4. The number of rotatable bonds is 4. The van der Waals surface area contributed by atoms with Crippen molar-refractivity contribution in [1.82, 2.24) is 14.5 Å². The van der Waals surface area contributed by atoms with Gasteiger partial charge in [0.1, 0.15) is 0 Å². The predicted molar refractivity (Wildman–Crippen MR) is 113 cm³/mol. The summed E-state index contributed by atoms with van der Waals surface area (Å²) >= 11 is 1.28. The molecule has 1 amide bonds. The molecule has 1 aromatic heterocycles. The third-order valence-electron chi connectivity index (χ3n) is 5.03. The molecule has 7 heteroatoms. The van der Waals surface area contributed by atoms with E-state index in [1.165, 1.54) is 22.7 Å². The number of likely N-dealkylation sites (tertiary alicyclic amines) is 1. The Morgan fingerprint density at radius 1 is 1.07 bits per heavy atom. The van der Waals surface area contributed by atoms with Gasteiger partial charge in [0.25, 0.3) is 5.56 Å². The van der Waals surface area contributed by atoms with E-state index in [1.807, 2.05) is 11.0 Å². The van der Waals surface area contributed by atoms with Gasteiger partial charge in [0.15, 0.2) is 5.16 Å². The van der Waals surface area contributed by atoms with Crippen molar-refractivity contribution < 1.29 is 4.79 Å². The van der Waals surface area contributed by atoms with Crippen LogP contribution < -0.4 is 5.56 Å². The number of para-hydroxylation sites is 1. The highest BCUT2D eigenvalue weighted by molar-refractivity contribution is 7.99. The molecule has 0 N–H and O–H groups in total. The molecule has 0 spiro atoms. The average molecular weight is 404 g/mol. The molecule has 0 unspecified atom stereocenters. The van der Waals surface area contributed by atoms with E-state index >= 15 is 0 Å². The average Bonchev–Trinajstić information content (AvgIpc) is 2.78. The second kappa shape index (κ2) is 8.50. The van der Waals surface area contributed by atoms with E-state index in [2.05, 4.69) is 11.1 Å². The molecule has 1 saturated heterocycles. The fourth-order valence-corrected chi connectivity index (χ4v) is 4.40. The van der Waals surface area contributed by atoms with Gasteiger partial charge in [0, 0.05) is 13.1 Å². The maximum Gasteiger partial charge on any atom is 0.266 e. The van der Waals surface area contributed by atoms with E-state index in [-0.39, 0.29) is 17.2 Å². The van der Waals surface area contributed by atoms with Crippen LogP contribution in [-0.2, 0) is 4.79 Å². The maximum atomic E-state index is 13.2. The number of aromatic nitrogens is 2. The maximum absolute atomic E-state index is 13.2. The molecule has 0 bridgehead atoms. The molecular weight excluding hydrogens is 384 g/mol. The molecule has 1 aliphatic heterocycles. The second-order valence-electron chi connectivity index (χ2n) is 6.94. The van der Waals surface area contributed by atoms with Crippen LogP contribution in [-0.4, -0.2) is 39.2 Å². The van der Waals surface area contributed by atoms with Crippen LogP contribution in [0.25, 0.3) is 16.6 Å². The highest BCUT2D eigenvalue weighted by atomic mass is 32.2. The molecule has 2 aromatic carbocycles. The lowest BCUT2D eigenvalue weighted by molar-refractivity contribution is -0.129. The van der Waals surface area contributed by atoms with Gasteiger partial charge in [-0.1, -0.05) is 23.9 Å².